The quantitative estimate of drug-likeness (QED) is 0.880. The van der Waals surface area contributed by atoms with Crippen LogP contribution in [0.25, 0.3) is 0 Å². The highest BCUT2D eigenvalue weighted by atomic mass is 19.3. The minimum absolute atomic E-state index is 0.143. The Bertz CT molecular complexity index is 663. The zero-order valence-corrected chi connectivity index (χ0v) is 12.6. The summed E-state index contributed by atoms with van der Waals surface area (Å²) in [6.07, 6.45) is -0.334. The Morgan fingerprint density at radius 3 is 3.00 bits per heavy atom. The lowest BCUT2D eigenvalue weighted by Crippen LogP contribution is -2.19. The largest absolute Gasteiger partial charge is 0.497 e. The molecule has 3 rings (SSSR count). The first-order valence-corrected chi connectivity index (χ1v) is 7.20. The molecule has 0 aliphatic carbocycles. The number of nitrogens with zero attached hydrogens (tertiary/aromatic N) is 2. The SMILES string of the molecule is COc1cccc(COCc2noc(C3CC(F)(F)CN3)n2)c1. The molecular weight excluding hydrogens is 308 g/mol. The van der Waals surface area contributed by atoms with Crippen LogP contribution in [-0.2, 0) is 18.0 Å². The molecule has 0 saturated carbocycles. The normalized spacial score (nSPS) is 19.9. The minimum atomic E-state index is -2.73. The fraction of sp³-hybridized carbons (Fsp3) is 0.467. The molecule has 124 valence electrons. The number of nitrogens with one attached hydrogen (secondary N) is 1. The second kappa shape index (κ2) is 6.59. The van der Waals surface area contributed by atoms with Crippen LogP contribution in [-0.4, -0.2) is 29.7 Å². The van der Waals surface area contributed by atoms with Crippen LogP contribution < -0.4 is 10.1 Å². The second-order valence-corrected chi connectivity index (χ2v) is 5.39. The van der Waals surface area contributed by atoms with E-state index in [1.165, 1.54) is 0 Å². The van der Waals surface area contributed by atoms with Gasteiger partial charge >= 0.3 is 0 Å². The Labute approximate surface area is 131 Å². The Kier molecular flexibility index (Phi) is 4.53. The van der Waals surface area contributed by atoms with Gasteiger partial charge in [0, 0.05) is 6.42 Å². The highest BCUT2D eigenvalue weighted by Crippen LogP contribution is 2.33. The fourth-order valence-electron chi connectivity index (χ4n) is 2.38. The smallest absolute Gasteiger partial charge is 0.262 e. The molecule has 0 radical (unpaired) electrons. The van der Waals surface area contributed by atoms with Crippen molar-refractivity contribution in [3.8, 4) is 5.75 Å². The molecule has 1 fully saturated rings. The van der Waals surface area contributed by atoms with Gasteiger partial charge in [-0.2, -0.15) is 4.98 Å². The van der Waals surface area contributed by atoms with Crippen molar-refractivity contribution in [1.29, 1.82) is 0 Å². The number of rotatable bonds is 6. The van der Waals surface area contributed by atoms with Crippen LogP contribution in [0.1, 0.15) is 29.7 Å². The number of hydrogen-bond donors (Lipinski definition) is 1. The van der Waals surface area contributed by atoms with E-state index < -0.39 is 12.0 Å². The third-order valence-corrected chi connectivity index (χ3v) is 3.53. The van der Waals surface area contributed by atoms with Gasteiger partial charge in [0.2, 0.25) is 5.89 Å². The monoisotopic (exact) mass is 325 g/mol. The van der Waals surface area contributed by atoms with Crippen molar-refractivity contribution in [1.82, 2.24) is 15.5 Å². The summed E-state index contributed by atoms with van der Waals surface area (Å²) in [5, 5.41) is 6.42. The Hall–Kier alpha value is -2.06. The summed E-state index contributed by atoms with van der Waals surface area (Å²) in [6, 6.07) is 6.89. The van der Waals surface area contributed by atoms with Gasteiger partial charge in [-0.05, 0) is 17.7 Å². The van der Waals surface area contributed by atoms with Crippen molar-refractivity contribution >= 4 is 0 Å². The standard InChI is InChI=1S/C15H17F2N3O3/c1-21-11-4-2-3-10(5-11)7-22-8-13-19-14(23-20-13)12-6-15(16,17)9-18-12/h2-5,12,18H,6-9H2,1H3. The third-order valence-electron chi connectivity index (χ3n) is 3.53. The van der Waals surface area contributed by atoms with Gasteiger partial charge in [0.15, 0.2) is 5.82 Å². The van der Waals surface area contributed by atoms with Crippen LogP contribution in [0.3, 0.4) is 0 Å². The van der Waals surface area contributed by atoms with Crippen LogP contribution in [0.15, 0.2) is 28.8 Å². The average Bonchev–Trinajstić information content (AvgIpc) is 3.14. The molecule has 1 aromatic carbocycles. The summed E-state index contributed by atoms with van der Waals surface area (Å²) in [5.74, 6) is -1.48. The number of hydrogen-bond acceptors (Lipinski definition) is 6. The van der Waals surface area contributed by atoms with Gasteiger partial charge in [0.1, 0.15) is 12.4 Å². The van der Waals surface area contributed by atoms with Gasteiger partial charge in [-0.15, -0.1) is 0 Å². The maximum absolute atomic E-state index is 13.2. The van der Waals surface area contributed by atoms with Gasteiger partial charge in [-0.3, -0.25) is 5.32 Å². The van der Waals surface area contributed by atoms with Gasteiger partial charge in [0.25, 0.3) is 5.92 Å². The van der Waals surface area contributed by atoms with Crippen molar-refractivity contribution in [3.63, 3.8) is 0 Å². The van der Waals surface area contributed by atoms with E-state index in [0.717, 1.165) is 11.3 Å². The van der Waals surface area contributed by atoms with Crippen LogP contribution in [0, 0.1) is 0 Å². The zero-order chi connectivity index (χ0) is 16.3. The molecule has 0 amide bonds. The van der Waals surface area contributed by atoms with E-state index >= 15 is 0 Å². The van der Waals surface area contributed by atoms with Crippen molar-refractivity contribution in [2.45, 2.75) is 31.6 Å². The molecule has 8 heteroatoms. The molecule has 0 spiro atoms. The van der Waals surface area contributed by atoms with Crippen LogP contribution in [0.2, 0.25) is 0 Å². The lowest BCUT2D eigenvalue weighted by Gasteiger charge is -2.05. The molecule has 2 heterocycles. The summed E-state index contributed by atoms with van der Waals surface area (Å²) >= 11 is 0. The number of methoxy groups -OCH3 is 1. The van der Waals surface area contributed by atoms with Gasteiger partial charge < -0.3 is 14.0 Å². The second-order valence-electron chi connectivity index (χ2n) is 5.39. The van der Waals surface area contributed by atoms with E-state index in [-0.39, 0.29) is 25.5 Å². The maximum atomic E-state index is 13.2. The predicted molar refractivity (Wildman–Crippen MR) is 76.1 cm³/mol. The highest BCUT2D eigenvalue weighted by molar-refractivity contribution is 5.27. The lowest BCUT2D eigenvalue weighted by atomic mass is 10.2. The summed E-state index contributed by atoms with van der Waals surface area (Å²) < 4.78 is 42.0. The molecule has 6 nitrogen and oxygen atoms in total. The minimum Gasteiger partial charge on any atom is -0.497 e. The molecule has 0 bridgehead atoms. The first-order chi connectivity index (χ1) is 11.1. The Morgan fingerprint density at radius 2 is 2.26 bits per heavy atom. The number of benzene rings is 1. The van der Waals surface area contributed by atoms with E-state index in [9.17, 15) is 8.78 Å². The molecule has 1 atom stereocenters. The fourth-order valence-corrected chi connectivity index (χ4v) is 2.38. The molecule has 1 aliphatic heterocycles. The third kappa shape index (κ3) is 4.02. The summed E-state index contributed by atoms with van der Waals surface area (Å²) in [7, 11) is 1.60. The van der Waals surface area contributed by atoms with Crippen molar-refractivity contribution in [3.05, 3.63) is 41.5 Å². The zero-order valence-electron chi connectivity index (χ0n) is 12.6. The van der Waals surface area contributed by atoms with Crippen molar-refractivity contribution in [2.75, 3.05) is 13.7 Å². The molecule has 1 aromatic heterocycles. The lowest BCUT2D eigenvalue weighted by molar-refractivity contribution is 0.0200. The van der Waals surface area contributed by atoms with Crippen LogP contribution in [0.4, 0.5) is 8.78 Å². The van der Waals surface area contributed by atoms with E-state index in [4.69, 9.17) is 14.0 Å². The summed E-state index contributed by atoms with van der Waals surface area (Å²) in [4.78, 5) is 4.10. The maximum Gasteiger partial charge on any atom is 0.262 e. The topological polar surface area (TPSA) is 69.4 Å². The number of halogens is 2. The number of ether oxygens (including phenoxy) is 2. The van der Waals surface area contributed by atoms with E-state index in [1.54, 1.807) is 7.11 Å². The molecule has 1 unspecified atom stereocenters. The predicted octanol–water partition coefficient (Wildman–Crippen LogP) is 2.46. The summed E-state index contributed by atoms with van der Waals surface area (Å²) in [6.45, 7) is 0.131. The molecule has 1 saturated heterocycles. The van der Waals surface area contributed by atoms with Gasteiger partial charge in [-0.1, -0.05) is 17.3 Å². The van der Waals surface area contributed by atoms with Crippen molar-refractivity contribution in [2.24, 2.45) is 0 Å². The molecule has 2 aromatic rings. The van der Waals surface area contributed by atoms with Gasteiger partial charge in [-0.25, -0.2) is 8.78 Å². The highest BCUT2D eigenvalue weighted by Gasteiger charge is 2.42. The van der Waals surface area contributed by atoms with E-state index in [0.29, 0.717) is 12.4 Å². The van der Waals surface area contributed by atoms with E-state index in [2.05, 4.69) is 15.5 Å². The Morgan fingerprint density at radius 1 is 1.39 bits per heavy atom. The first-order valence-electron chi connectivity index (χ1n) is 7.20. The Balaban J connectivity index is 1.51. The molecule has 1 aliphatic rings. The van der Waals surface area contributed by atoms with Crippen LogP contribution in [0.5, 0.6) is 5.75 Å². The van der Waals surface area contributed by atoms with Crippen molar-refractivity contribution < 1.29 is 22.8 Å². The number of aromatic nitrogens is 2. The summed E-state index contributed by atoms with van der Waals surface area (Å²) in [5.41, 5.74) is 0.949. The molecule has 1 N–H and O–H groups in total. The van der Waals surface area contributed by atoms with E-state index in [1.807, 2.05) is 24.3 Å². The first kappa shape index (κ1) is 15.8. The van der Waals surface area contributed by atoms with Gasteiger partial charge in [0.05, 0.1) is 26.3 Å². The molecular formula is C15H17F2N3O3. The average molecular weight is 325 g/mol. The number of alkyl halides is 2. The van der Waals surface area contributed by atoms with Crippen LogP contribution >= 0.6 is 0 Å². The molecule has 23 heavy (non-hydrogen) atoms.